The highest BCUT2D eigenvalue weighted by Gasteiger charge is 2.23. The maximum atomic E-state index is 4.20. The third-order valence-electron chi connectivity index (χ3n) is 3.27. The van der Waals surface area contributed by atoms with Gasteiger partial charge in [-0.3, -0.25) is 0 Å². The summed E-state index contributed by atoms with van der Waals surface area (Å²) in [4.78, 5) is 0. The fourth-order valence-electron chi connectivity index (χ4n) is 2.42. The van der Waals surface area contributed by atoms with Crippen LogP contribution in [-0.2, 0) is 0 Å². The third-order valence-corrected chi connectivity index (χ3v) is 3.94. The van der Waals surface area contributed by atoms with Gasteiger partial charge in [0.25, 0.3) is 0 Å². The van der Waals surface area contributed by atoms with Crippen molar-refractivity contribution >= 4 is 22.6 Å². The maximum Gasteiger partial charge on any atom is 0.159 e. The second-order valence-electron chi connectivity index (χ2n) is 4.41. The summed E-state index contributed by atoms with van der Waals surface area (Å²) < 4.78 is 3.09. The van der Waals surface area contributed by atoms with Crippen molar-refractivity contribution in [3.05, 3.63) is 33.7 Å². The van der Waals surface area contributed by atoms with Crippen molar-refractivity contribution in [3.63, 3.8) is 0 Å². The molecule has 4 nitrogen and oxygen atoms in total. The molecule has 0 amide bonds. The van der Waals surface area contributed by atoms with Crippen molar-refractivity contribution in [2.75, 3.05) is 0 Å². The molecule has 1 aliphatic carbocycles. The number of nitrogens with zero attached hydrogens (tertiary/aromatic N) is 4. The molecule has 0 bridgehead atoms. The van der Waals surface area contributed by atoms with Crippen LogP contribution in [0.4, 0.5) is 0 Å². The topological polar surface area (TPSA) is 43.6 Å². The fourth-order valence-corrected chi connectivity index (χ4v) is 2.95. The maximum absolute atomic E-state index is 4.20. The van der Waals surface area contributed by atoms with E-state index in [1.165, 1.54) is 29.3 Å². The Balaban J connectivity index is 2.00. The molecule has 1 saturated carbocycles. The zero-order valence-corrected chi connectivity index (χ0v) is 11.5. The van der Waals surface area contributed by atoms with Crippen LogP contribution in [0.5, 0.6) is 0 Å². The number of hydrogen-bond donors (Lipinski definition) is 0. The van der Waals surface area contributed by atoms with Gasteiger partial charge in [-0.15, -0.1) is 5.10 Å². The van der Waals surface area contributed by atoms with E-state index in [1.807, 2.05) is 10.7 Å². The Morgan fingerprint density at radius 2 is 2.06 bits per heavy atom. The number of rotatable bonds is 2. The normalized spacial score (nSPS) is 16.5. The first-order chi connectivity index (χ1) is 8.34. The van der Waals surface area contributed by atoms with Crippen LogP contribution in [0, 0.1) is 3.57 Å². The summed E-state index contributed by atoms with van der Waals surface area (Å²) in [5.41, 5.74) is 1.06. The van der Waals surface area contributed by atoms with Gasteiger partial charge in [-0.1, -0.05) is 18.9 Å². The molecule has 0 atom stereocenters. The average Bonchev–Trinajstić information content (AvgIpc) is 3.00. The van der Waals surface area contributed by atoms with Gasteiger partial charge >= 0.3 is 0 Å². The predicted molar refractivity (Wildman–Crippen MR) is 73.1 cm³/mol. The van der Waals surface area contributed by atoms with E-state index in [-0.39, 0.29) is 0 Å². The number of benzene rings is 1. The van der Waals surface area contributed by atoms with Crippen molar-refractivity contribution in [1.29, 1.82) is 0 Å². The third kappa shape index (κ3) is 2.20. The van der Waals surface area contributed by atoms with Crippen LogP contribution in [0.15, 0.2) is 24.3 Å². The van der Waals surface area contributed by atoms with E-state index in [2.05, 4.69) is 56.3 Å². The summed E-state index contributed by atoms with van der Waals surface area (Å²) in [6.07, 6.45) is 5.02. The molecule has 0 saturated heterocycles. The molecule has 2 aromatic rings. The molecule has 5 heteroatoms. The van der Waals surface area contributed by atoms with E-state index in [0.29, 0.717) is 5.92 Å². The van der Waals surface area contributed by atoms with E-state index in [4.69, 9.17) is 0 Å². The zero-order valence-electron chi connectivity index (χ0n) is 9.38. The van der Waals surface area contributed by atoms with Crippen molar-refractivity contribution < 1.29 is 0 Å². The van der Waals surface area contributed by atoms with Crippen molar-refractivity contribution in [3.8, 4) is 5.69 Å². The largest absolute Gasteiger partial charge is 0.197 e. The van der Waals surface area contributed by atoms with E-state index < -0.39 is 0 Å². The molecule has 1 fully saturated rings. The Labute approximate surface area is 114 Å². The molecule has 1 heterocycles. The quantitative estimate of drug-likeness (QED) is 0.790. The lowest BCUT2D eigenvalue weighted by Crippen LogP contribution is -2.06. The molecule has 0 N–H and O–H groups in total. The summed E-state index contributed by atoms with van der Waals surface area (Å²) >= 11 is 2.31. The van der Waals surface area contributed by atoms with Crippen molar-refractivity contribution in [2.45, 2.75) is 31.6 Å². The van der Waals surface area contributed by atoms with E-state index >= 15 is 0 Å². The van der Waals surface area contributed by atoms with Crippen molar-refractivity contribution in [1.82, 2.24) is 20.2 Å². The SMILES string of the molecule is Ic1cccc(-n2nnnc2C2CCCC2)c1. The summed E-state index contributed by atoms with van der Waals surface area (Å²) in [6.45, 7) is 0. The van der Waals surface area contributed by atoms with Gasteiger partial charge in [-0.25, -0.2) is 0 Å². The lowest BCUT2D eigenvalue weighted by Gasteiger charge is -2.09. The Kier molecular flexibility index (Phi) is 3.09. The molecular weight excluding hydrogens is 327 g/mol. The smallest absolute Gasteiger partial charge is 0.159 e. The molecule has 1 aromatic heterocycles. The average molecular weight is 340 g/mol. The molecule has 0 radical (unpaired) electrons. The highest BCUT2D eigenvalue weighted by atomic mass is 127. The van der Waals surface area contributed by atoms with E-state index in [9.17, 15) is 0 Å². The molecule has 0 unspecified atom stereocenters. The molecule has 88 valence electrons. The van der Waals surface area contributed by atoms with Crippen LogP contribution in [0.25, 0.3) is 5.69 Å². The summed E-state index contributed by atoms with van der Waals surface area (Å²) in [6, 6.07) is 8.27. The first kappa shape index (κ1) is 11.1. The van der Waals surface area contributed by atoms with Gasteiger partial charge in [0.2, 0.25) is 0 Å². The highest BCUT2D eigenvalue weighted by Crippen LogP contribution is 2.33. The lowest BCUT2D eigenvalue weighted by molar-refractivity contribution is 0.636. The Hall–Kier alpha value is -0.980. The minimum absolute atomic E-state index is 0.530. The van der Waals surface area contributed by atoms with Crippen LogP contribution < -0.4 is 0 Å². The predicted octanol–water partition coefficient (Wildman–Crippen LogP) is 2.92. The number of hydrogen-bond acceptors (Lipinski definition) is 3. The van der Waals surface area contributed by atoms with Gasteiger partial charge in [0.05, 0.1) is 5.69 Å². The molecule has 17 heavy (non-hydrogen) atoms. The number of halogens is 1. The molecule has 1 aromatic carbocycles. The van der Waals surface area contributed by atoms with Crippen LogP contribution in [0.2, 0.25) is 0 Å². The monoisotopic (exact) mass is 340 g/mol. The van der Waals surface area contributed by atoms with Crippen molar-refractivity contribution in [2.24, 2.45) is 0 Å². The van der Waals surface area contributed by atoms with Gasteiger partial charge in [-0.2, -0.15) is 4.68 Å². The first-order valence-electron chi connectivity index (χ1n) is 5.89. The molecule has 0 aliphatic heterocycles. The van der Waals surface area contributed by atoms with Gasteiger partial charge in [-0.05, 0) is 64.1 Å². The number of aromatic nitrogens is 4. The summed E-state index contributed by atoms with van der Waals surface area (Å²) in [5.74, 6) is 1.55. The Bertz CT molecular complexity index is 517. The minimum atomic E-state index is 0.530. The zero-order chi connectivity index (χ0) is 11.7. The number of tetrazole rings is 1. The fraction of sp³-hybridized carbons (Fsp3) is 0.417. The van der Waals surface area contributed by atoms with Crippen LogP contribution in [-0.4, -0.2) is 20.2 Å². The van der Waals surface area contributed by atoms with Crippen LogP contribution >= 0.6 is 22.6 Å². The molecular formula is C12H13IN4. The molecule has 0 spiro atoms. The van der Waals surface area contributed by atoms with Gasteiger partial charge < -0.3 is 0 Å². The van der Waals surface area contributed by atoms with Gasteiger partial charge in [0.15, 0.2) is 5.82 Å². The Morgan fingerprint density at radius 1 is 1.24 bits per heavy atom. The highest BCUT2D eigenvalue weighted by molar-refractivity contribution is 14.1. The van der Waals surface area contributed by atoms with Crippen LogP contribution in [0.1, 0.15) is 37.4 Å². The second kappa shape index (κ2) is 4.72. The van der Waals surface area contributed by atoms with E-state index in [1.54, 1.807) is 0 Å². The first-order valence-corrected chi connectivity index (χ1v) is 6.97. The molecule has 1 aliphatic rings. The van der Waals surface area contributed by atoms with Gasteiger partial charge in [0.1, 0.15) is 0 Å². The summed E-state index contributed by atoms with van der Waals surface area (Å²) in [5, 5.41) is 12.2. The summed E-state index contributed by atoms with van der Waals surface area (Å²) in [7, 11) is 0. The lowest BCUT2D eigenvalue weighted by atomic mass is 10.1. The standard InChI is InChI=1S/C12H13IN4/c13-10-6-3-7-11(8-10)17-12(14-15-16-17)9-4-1-2-5-9/h3,6-9H,1-2,4-5H2. The minimum Gasteiger partial charge on any atom is -0.197 e. The van der Waals surface area contributed by atoms with E-state index in [0.717, 1.165) is 11.5 Å². The second-order valence-corrected chi connectivity index (χ2v) is 5.66. The van der Waals surface area contributed by atoms with Gasteiger partial charge in [0, 0.05) is 9.49 Å². The molecule has 3 rings (SSSR count). The van der Waals surface area contributed by atoms with Crippen LogP contribution in [0.3, 0.4) is 0 Å². The Morgan fingerprint density at radius 3 is 2.82 bits per heavy atom.